The first kappa shape index (κ1) is 27.7. The Hall–Kier alpha value is -3.55. The molecule has 0 heterocycles. The van der Waals surface area contributed by atoms with E-state index in [-0.39, 0.29) is 36.8 Å². The number of carbonyl (C=O) groups is 3. The summed E-state index contributed by atoms with van der Waals surface area (Å²) in [5, 5.41) is 8.08. The third-order valence-electron chi connectivity index (χ3n) is 4.77. The summed E-state index contributed by atoms with van der Waals surface area (Å²) in [5.74, 6) is 0.159. The van der Waals surface area contributed by atoms with Gasteiger partial charge in [-0.1, -0.05) is 38.5 Å². The lowest BCUT2D eigenvalue weighted by Gasteiger charge is -2.23. The SMILES string of the molecule is Cc1ccc(OCC(=O)Nc2ccc(NC(=O)CCNC(=O)OC(C)(C)C)cc2)c(C(C)(C)C)c1. The highest BCUT2D eigenvalue weighted by molar-refractivity contribution is 5.93. The van der Waals surface area contributed by atoms with Gasteiger partial charge in [-0.3, -0.25) is 9.59 Å². The highest BCUT2D eigenvalue weighted by atomic mass is 16.6. The molecule has 8 nitrogen and oxygen atoms in total. The summed E-state index contributed by atoms with van der Waals surface area (Å²) in [4.78, 5) is 36.1. The van der Waals surface area contributed by atoms with Gasteiger partial charge in [-0.25, -0.2) is 4.79 Å². The molecule has 8 heteroatoms. The molecule has 0 atom stereocenters. The van der Waals surface area contributed by atoms with Crippen LogP contribution in [0.2, 0.25) is 0 Å². The molecule has 0 aliphatic rings. The van der Waals surface area contributed by atoms with Crippen molar-refractivity contribution < 1.29 is 23.9 Å². The summed E-state index contributed by atoms with van der Waals surface area (Å²) >= 11 is 0. The van der Waals surface area contributed by atoms with E-state index in [0.29, 0.717) is 17.1 Å². The molecular weight excluding hydrogens is 446 g/mol. The molecule has 2 aromatic rings. The van der Waals surface area contributed by atoms with E-state index in [1.165, 1.54) is 0 Å². The first-order valence-electron chi connectivity index (χ1n) is 11.6. The lowest BCUT2D eigenvalue weighted by atomic mass is 9.85. The van der Waals surface area contributed by atoms with E-state index in [2.05, 4.69) is 42.8 Å². The summed E-state index contributed by atoms with van der Waals surface area (Å²) in [5.41, 5.74) is 2.65. The normalized spacial score (nSPS) is 11.4. The Kier molecular flexibility index (Phi) is 9.28. The number of ether oxygens (including phenoxy) is 2. The Morgan fingerprint density at radius 1 is 0.829 bits per heavy atom. The minimum Gasteiger partial charge on any atom is -0.483 e. The van der Waals surface area contributed by atoms with Crippen molar-refractivity contribution in [1.29, 1.82) is 0 Å². The van der Waals surface area contributed by atoms with Gasteiger partial charge in [-0.15, -0.1) is 0 Å². The van der Waals surface area contributed by atoms with Crippen LogP contribution >= 0.6 is 0 Å². The molecule has 0 aromatic heterocycles. The second kappa shape index (κ2) is 11.7. The maximum atomic E-state index is 12.4. The van der Waals surface area contributed by atoms with Crippen LogP contribution in [-0.4, -0.2) is 36.7 Å². The number of nitrogens with one attached hydrogen (secondary N) is 3. The van der Waals surface area contributed by atoms with E-state index >= 15 is 0 Å². The van der Waals surface area contributed by atoms with Crippen molar-refractivity contribution in [3.05, 3.63) is 53.6 Å². The Morgan fingerprint density at radius 3 is 1.94 bits per heavy atom. The maximum absolute atomic E-state index is 12.4. The third-order valence-corrected chi connectivity index (χ3v) is 4.77. The summed E-state index contributed by atoms with van der Waals surface area (Å²) in [6.45, 7) is 13.7. The van der Waals surface area contributed by atoms with Crippen LogP contribution in [0.25, 0.3) is 0 Å². The number of amides is 3. The molecule has 3 N–H and O–H groups in total. The zero-order valence-electron chi connectivity index (χ0n) is 21.7. The number of carbonyl (C=O) groups excluding carboxylic acids is 3. The van der Waals surface area contributed by atoms with Crippen LogP contribution in [0.15, 0.2) is 42.5 Å². The molecule has 3 amide bonds. The molecule has 0 spiro atoms. The quantitative estimate of drug-likeness (QED) is 0.481. The van der Waals surface area contributed by atoms with Crippen molar-refractivity contribution in [1.82, 2.24) is 5.32 Å². The lowest BCUT2D eigenvalue weighted by Crippen LogP contribution is -2.34. The van der Waals surface area contributed by atoms with Gasteiger partial charge >= 0.3 is 6.09 Å². The Morgan fingerprint density at radius 2 is 1.40 bits per heavy atom. The molecule has 2 rings (SSSR count). The predicted octanol–water partition coefficient (Wildman–Crippen LogP) is 5.16. The largest absolute Gasteiger partial charge is 0.483 e. The van der Waals surface area contributed by atoms with Gasteiger partial charge in [0.2, 0.25) is 5.91 Å². The van der Waals surface area contributed by atoms with Gasteiger partial charge < -0.3 is 25.4 Å². The fourth-order valence-electron chi connectivity index (χ4n) is 3.15. The van der Waals surface area contributed by atoms with E-state index in [9.17, 15) is 14.4 Å². The first-order valence-corrected chi connectivity index (χ1v) is 11.6. The van der Waals surface area contributed by atoms with Crippen molar-refractivity contribution in [3.8, 4) is 5.75 Å². The van der Waals surface area contributed by atoms with Gasteiger partial charge in [0.25, 0.3) is 5.91 Å². The molecule has 0 fully saturated rings. The molecule has 2 aromatic carbocycles. The standard InChI is InChI=1S/C27H37N3O5/c1-18-8-13-22(21(16-18)26(2,3)4)34-17-24(32)30-20-11-9-19(10-12-20)29-23(31)14-15-28-25(33)35-27(5,6)7/h8-13,16H,14-15,17H2,1-7H3,(H,28,33)(H,29,31)(H,30,32). The number of hydrogen-bond acceptors (Lipinski definition) is 5. The third kappa shape index (κ3) is 10.1. The molecule has 0 saturated carbocycles. The minimum atomic E-state index is -0.592. The highest BCUT2D eigenvalue weighted by Gasteiger charge is 2.20. The monoisotopic (exact) mass is 483 g/mol. The lowest BCUT2D eigenvalue weighted by molar-refractivity contribution is -0.118. The van der Waals surface area contributed by atoms with Crippen LogP contribution < -0.4 is 20.7 Å². The van der Waals surface area contributed by atoms with Gasteiger partial charge in [0, 0.05) is 24.3 Å². The molecule has 0 bridgehead atoms. The van der Waals surface area contributed by atoms with Crippen LogP contribution in [0.3, 0.4) is 0 Å². The first-order chi connectivity index (χ1) is 16.2. The smallest absolute Gasteiger partial charge is 0.407 e. The zero-order valence-corrected chi connectivity index (χ0v) is 21.7. The fourth-order valence-corrected chi connectivity index (χ4v) is 3.15. The topological polar surface area (TPSA) is 106 Å². The average molecular weight is 484 g/mol. The molecule has 0 saturated heterocycles. The predicted molar refractivity (Wildman–Crippen MR) is 138 cm³/mol. The van der Waals surface area contributed by atoms with Gasteiger partial charge in [-0.2, -0.15) is 0 Å². The molecule has 0 radical (unpaired) electrons. The molecule has 0 unspecified atom stereocenters. The van der Waals surface area contributed by atoms with E-state index in [4.69, 9.17) is 9.47 Å². The van der Waals surface area contributed by atoms with E-state index in [1.807, 2.05) is 19.1 Å². The summed E-state index contributed by atoms with van der Waals surface area (Å²) in [6.07, 6.45) is -0.462. The summed E-state index contributed by atoms with van der Waals surface area (Å²) in [7, 11) is 0. The van der Waals surface area contributed by atoms with Gasteiger partial charge in [-0.05, 0) is 69.0 Å². The molecular formula is C27H37N3O5. The van der Waals surface area contributed by atoms with Crippen LogP contribution in [0.4, 0.5) is 16.2 Å². The fraction of sp³-hybridized carbons (Fsp3) is 0.444. The highest BCUT2D eigenvalue weighted by Crippen LogP contribution is 2.32. The molecule has 0 aliphatic heterocycles. The van der Waals surface area contributed by atoms with E-state index in [0.717, 1.165) is 11.1 Å². The number of hydrogen-bond donors (Lipinski definition) is 3. The van der Waals surface area contributed by atoms with Crippen LogP contribution in [-0.2, 0) is 19.7 Å². The minimum absolute atomic E-state index is 0.102. The van der Waals surface area contributed by atoms with Crippen molar-refractivity contribution in [2.45, 2.75) is 65.9 Å². The van der Waals surface area contributed by atoms with Crippen molar-refractivity contribution in [3.63, 3.8) is 0 Å². The van der Waals surface area contributed by atoms with Gasteiger partial charge in [0.1, 0.15) is 11.4 Å². The van der Waals surface area contributed by atoms with E-state index < -0.39 is 11.7 Å². The van der Waals surface area contributed by atoms with Crippen LogP contribution in [0, 0.1) is 6.92 Å². The van der Waals surface area contributed by atoms with Crippen molar-refractivity contribution >= 4 is 29.3 Å². The summed E-state index contributed by atoms with van der Waals surface area (Å²) in [6, 6.07) is 12.7. The maximum Gasteiger partial charge on any atom is 0.407 e. The van der Waals surface area contributed by atoms with Gasteiger partial charge in [0.15, 0.2) is 6.61 Å². The Balaban J connectivity index is 1.80. The summed E-state index contributed by atoms with van der Waals surface area (Å²) < 4.78 is 10.9. The van der Waals surface area contributed by atoms with Crippen LogP contribution in [0.1, 0.15) is 59.1 Å². The Labute approximate surface area is 207 Å². The zero-order chi connectivity index (χ0) is 26.2. The second-order valence-electron chi connectivity index (χ2n) is 10.4. The number of alkyl carbamates (subject to hydrolysis) is 1. The second-order valence-corrected chi connectivity index (χ2v) is 10.4. The molecule has 35 heavy (non-hydrogen) atoms. The Bertz CT molecular complexity index is 1030. The number of rotatable bonds is 8. The van der Waals surface area contributed by atoms with Crippen LogP contribution in [0.5, 0.6) is 5.75 Å². The molecule has 190 valence electrons. The number of benzene rings is 2. The molecule has 0 aliphatic carbocycles. The number of aryl methyl sites for hydroxylation is 1. The number of anilines is 2. The average Bonchev–Trinajstić information content (AvgIpc) is 2.72. The van der Waals surface area contributed by atoms with Crippen molar-refractivity contribution in [2.75, 3.05) is 23.8 Å². The van der Waals surface area contributed by atoms with Crippen molar-refractivity contribution in [2.24, 2.45) is 0 Å². The van der Waals surface area contributed by atoms with E-state index in [1.54, 1.807) is 45.0 Å². The van der Waals surface area contributed by atoms with Gasteiger partial charge in [0.05, 0.1) is 0 Å².